The molecule has 0 spiro atoms. The van der Waals surface area contributed by atoms with Crippen molar-refractivity contribution in [2.75, 3.05) is 13.1 Å². The van der Waals surface area contributed by atoms with Gasteiger partial charge in [0, 0.05) is 24.5 Å². The van der Waals surface area contributed by atoms with E-state index in [4.69, 9.17) is 4.98 Å². The Bertz CT molecular complexity index is 830. The number of carbonyl (C=O) groups excluding carboxylic acids is 1. The van der Waals surface area contributed by atoms with Crippen LogP contribution in [-0.2, 0) is 0 Å². The summed E-state index contributed by atoms with van der Waals surface area (Å²) in [6.07, 6.45) is 10.0. The fourth-order valence-electron chi connectivity index (χ4n) is 6.96. The Balaban J connectivity index is 1.10. The molecule has 1 aromatic carbocycles. The first kappa shape index (κ1) is 17.3. The number of nitrogens with one attached hydrogen (secondary N) is 1. The van der Waals surface area contributed by atoms with Crippen LogP contribution in [0.5, 0.6) is 0 Å². The van der Waals surface area contributed by atoms with Crippen LogP contribution in [0.3, 0.4) is 0 Å². The number of rotatable bonds is 2. The van der Waals surface area contributed by atoms with Gasteiger partial charge in [-0.25, -0.2) is 9.78 Å². The molecule has 1 aliphatic heterocycles. The minimum atomic E-state index is 0.121. The van der Waals surface area contributed by atoms with Crippen molar-refractivity contribution in [2.45, 2.75) is 62.8 Å². The van der Waals surface area contributed by atoms with Gasteiger partial charge in [-0.1, -0.05) is 12.1 Å². The quantitative estimate of drug-likeness (QED) is 0.764. The number of para-hydroxylation sites is 1. The Labute approximate surface area is 170 Å². The number of benzene rings is 1. The SMILES string of the molecule is O=C(NC12CC3CC(CC(C3)C1)C2)N1CCC(c2nc3ccccc3s2)CC1. The average Bonchev–Trinajstić information content (AvgIpc) is 3.11. The van der Waals surface area contributed by atoms with E-state index >= 15 is 0 Å². The molecule has 4 saturated carbocycles. The number of carbonyl (C=O) groups is 1. The topological polar surface area (TPSA) is 45.2 Å². The molecule has 1 saturated heterocycles. The van der Waals surface area contributed by atoms with Gasteiger partial charge in [-0.3, -0.25) is 0 Å². The van der Waals surface area contributed by atoms with Crippen molar-refractivity contribution in [1.82, 2.24) is 15.2 Å². The number of piperidine rings is 1. The second-order valence-corrected chi connectivity index (χ2v) is 11.0. The van der Waals surface area contributed by atoms with E-state index in [0.717, 1.165) is 49.2 Å². The molecule has 4 aliphatic carbocycles. The van der Waals surface area contributed by atoms with E-state index < -0.39 is 0 Å². The molecule has 0 atom stereocenters. The molecule has 148 valence electrons. The van der Waals surface area contributed by atoms with Crippen molar-refractivity contribution >= 4 is 27.6 Å². The lowest BCUT2D eigenvalue weighted by Gasteiger charge is -2.57. The number of urea groups is 1. The van der Waals surface area contributed by atoms with Crippen molar-refractivity contribution in [2.24, 2.45) is 17.8 Å². The molecule has 2 amide bonds. The van der Waals surface area contributed by atoms with Gasteiger partial charge in [-0.15, -0.1) is 11.3 Å². The van der Waals surface area contributed by atoms with Crippen LogP contribution in [0.1, 0.15) is 62.3 Å². The van der Waals surface area contributed by atoms with Gasteiger partial charge in [0.05, 0.1) is 15.2 Å². The van der Waals surface area contributed by atoms with E-state index in [9.17, 15) is 4.79 Å². The molecular weight excluding hydrogens is 366 g/mol. The molecule has 5 aliphatic rings. The summed E-state index contributed by atoms with van der Waals surface area (Å²) in [4.78, 5) is 20.0. The highest BCUT2D eigenvalue weighted by Crippen LogP contribution is 2.55. The lowest BCUT2D eigenvalue weighted by molar-refractivity contribution is -0.0160. The summed E-state index contributed by atoms with van der Waals surface area (Å²) in [6.45, 7) is 1.72. The molecule has 28 heavy (non-hydrogen) atoms. The minimum absolute atomic E-state index is 0.121. The van der Waals surface area contributed by atoms with E-state index in [1.807, 2.05) is 11.3 Å². The first-order valence-corrected chi connectivity index (χ1v) is 11.9. The highest BCUT2D eigenvalue weighted by molar-refractivity contribution is 7.18. The van der Waals surface area contributed by atoms with Crippen molar-refractivity contribution in [3.8, 4) is 0 Å². The summed E-state index contributed by atoms with van der Waals surface area (Å²) in [6, 6.07) is 8.60. The maximum atomic E-state index is 13.1. The summed E-state index contributed by atoms with van der Waals surface area (Å²) in [5.74, 6) is 3.12. The summed E-state index contributed by atoms with van der Waals surface area (Å²) < 4.78 is 1.28. The third kappa shape index (κ3) is 2.94. The van der Waals surface area contributed by atoms with Crippen LogP contribution >= 0.6 is 11.3 Å². The molecule has 2 aromatic rings. The molecule has 4 nitrogen and oxygen atoms in total. The van der Waals surface area contributed by atoms with Crippen molar-refractivity contribution in [3.63, 3.8) is 0 Å². The second-order valence-electron chi connectivity index (χ2n) is 9.91. The van der Waals surface area contributed by atoms with Gasteiger partial charge in [0.15, 0.2) is 0 Å². The van der Waals surface area contributed by atoms with Crippen LogP contribution in [0.25, 0.3) is 10.2 Å². The Kier molecular flexibility index (Phi) is 3.97. The Morgan fingerprint density at radius 3 is 2.32 bits per heavy atom. The van der Waals surface area contributed by atoms with Crippen LogP contribution in [-0.4, -0.2) is 34.5 Å². The molecule has 1 aromatic heterocycles. The van der Waals surface area contributed by atoms with Crippen molar-refractivity contribution < 1.29 is 4.79 Å². The minimum Gasteiger partial charge on any atom is -0.333 e. The zero-order valence-corrected chi connectivity index (χ0v) is 17.2. The molecule has 5 heteroatoms. The van der Waals surface area contributed by atoms with Gasteiger partial charge in [0.1, 0.15) is 0 Å². The van der Waals surface area contributed by atoms with Gasteiger partial charge >= 0.3 is 6.03 Å². The third-order valence-corrected chi connectivity index (χ3v) is 9.05. The van der Waals surface area contributed by atoms with E-state index in [1.54, 1.807) is 0 Å². The fourth-order valence-corrected chi connectivity index (χ4v) is 8.10. The number of likely N-dealkylation sites (tertiary alicyclic amines) is 1. The Hall–Kier alpha value is -1.62. The smallest absolute Gasteiger partial charge is 0.317 e. The molecule has 0 unspecified atom stereocenters. The zero-order valence-electron chi connectivity index (χ0n) is 16.4. The molecule has 0 radical (unpaired) electrons. The van der Waals surface area contributed by atoms with Gasteiger partial charge in [-0.2, -0.15) is 0 Å². The predicted molar refractivity (Wildman–Crippen MR) is 113 cm³/mol. The van der Waals surface area contributed by atoms with E-state index in [1.165, 1.54) is 48.2 Å². The summed E-state index contributed by atoms with van der Waals surface area (Å²) in [5.41, 5.74) is 1.24. The summed E-state index contributed by atoms with van der Waals surface area (Å²) in [7, 11) is 0. The molecule has 1 N–H and O–H groups in total. The Morgan fingerprint density at radius 1 is 1.04 bits per heavy atom. The van der Waals surface area contributed by atoms with Crippen molar-refractivity contribution in [3.05, 3.63) is 29.3 Å². The second kappa shape index (κ2) is 6.45. The standard InChI is InChI=1S/C23H29N3OS/c27-22(25-23-12-15-9-16(13-23)11-17(10-15)14-23)26-7-5-18(6-8-26)21-24-19-3-1-2-4-20(19)28-21/h1-4,15-18H,5-14H2,(H,25,27). The number of fused-ring (bicyclic) bond motifs is 1. The number of aromatic nitrogens is 1. The number of thiazole rings is 1. The normalized spacial score (nSPS) is 34.9. The van der Waals surface area contributed by atoms with E-state index in [2.05, 4.69) is 34.5 Å². The fraction of sp³-hybridized carbons (Fsp3) is 0.652. The predicted octanol–water partition coefficient (Wildman–Crippen LogP) is 5.15. The van der Waals surface area contributed by atoms with E-state index in [0.29, 0.717) is 5.92 Å². The highest BCUT2D eigenvalue weighted by atomic mass is 32.1. The van der Waals surface area contributed by atoms with Gasteiger partial charge < -0.3 is 10.2 Å². The number of nitrogens with zero attached hydrogens (tertiary/aromatic N) is 2. The van der Waals surface area contributed by atoms with Crippen LogP contribution in [0, 0.1) is 17.8 Å². The van der Waals surface area contributed by atoms with Gasteiger partial charge in [-0.05, 0) is 81.3 Å². The highest BCUT2D eigenvalue weighted by Gasteiger charge is 2.51. The van der Waals surface area contributed by atoms with Crippen LogP contribution in [0.4, 0.5) is 4.79 Å². The van der Waals surface area contributed by atoms with E-state index in [-0.39, 0.29) is 11.6 Å². The summed E-state index contributed by atoms with van der Waals surface area (Å²) in [5, 5.41) is 4.80. The number of hydrogen-bond donors (Lipinski definition) is 1. The third-order valence-electron chi connectivity index (χ3n) is 7.85. The average molecular weight is 396 g/mol. The zero-order chi connectivity index (χ0) is 18.7. The van der Waals surface area contributed by atoms with Crippen molar-refractivity contribution in [1.29, 1.82) is 0 Å². The van der Waals surface area contributed by atoms with Crippen LogP contribution < -0.4 is 5.32 Å². The molecule has 2 heterocycles. The first-order valence-electron chi connectivity index (χ1n) is 11.1. The maximum absolute atomic E-state index is 13.1. The monoisotopic (exact) mass is 395 g/mol. The Morgan fingerprint density at radius 2 is 1.68 bits per heavy atom. The lowest BCUT2D eigenvalue weighted by atomic mass is 9.53. The molecule has 5 fully saturated rings. The lowest BCUT2D eigenvalue weighted by Crippen LogP contribution is -2.62. The molecule has 4 bridgehead atoms. The van der Waals surface area contributed by atoms with Crippen LogP contribution in [0.2, 0.25) is 0 Å². The number of hydrogen-bond acceptors (Lipinski definition) is 3. The first-order chi connectivity index (χ1) is 13.7. The van der Waals surface area contributed by atoms with Gasteiger partial charge in [0.2, 0.25) is 0 Å². The maximum Gasteiger partial charge on any atom is 0.317 e. The molecule has 7 rings (SSSR count). The summed E-state index contributed by atoms with van der Waals surface area (Å²) >= 11 is 1.83. The largest absolute Gasteiger partial charge is 0.333 e. The van der Waals surface area contributed by atoms with Crippen LogP contribution in [0.15, 0.2) is 24.3 Å². The number of amides is 2. The molecular formula is C23H29N3OS. The van der Waals surface area contributed by atoms with Gasteiger partial charge in [0.25, 0.3) is 0 Å².